The van der Waals surface area contributed by atoms with Crippen LogP contribution >= 0.6 is 11.6 Å². The third-order valence-corrected chi connectivity index (χ3v) is 3.08. The van der Waals surface area contributed by atoms with Gasteiger partial charge in [0, 0.05) is 13.3 Å². The number of hydrogen-bond donors (Lipinski definition) is 1. The molecule has 0 atom stereocenters. The van der Waals surface area contributed by atoms with Crippen LogP contribution in [0, 0.1) is 0 Å². The Bertz CT molecular complexity index is 508. The number of carbonyl (C=O) groups excluding carboxylic acids is 2. The number of nitrogens with one attached hydrogen (secondary N) is 1. The number of amides is 1. The van der Waals surface area contributed by atoms with Gasteiger partial charge in [-0.25, -0.2) is 5.01 Å². The number of nitrogens with zero attached hydrogens (tertiary/aromatic N) is 1. The van der Waals surface area contributed by atoms with Crippen LogP contribution in [-0.4, -0.2) is 19.0 Å². The molecule has 6 nitrogen and oxygen atoms in total. The molecule has 7 heteroatoms. The number of anilines is 1. The van der Waals surface area contributed by atoms with E-state index >= 15 is 0 Å². The number of methoxy groups -OCH3 is 1. The molecule has 116 valence electrons. The number of rotatable bonds is 7. The van der Waals surface area contributed by atoms with Gasteiger partial charge in [0.05, 0.1) is 12.8 Å². The molecule has 0 aromatic heterocycles. The molecule has 0 unspecified atom stereocenters. The molecule has 0 bridgehead atoms. The molecule has 0 aliphatic rings. The fraction of sp³-hybridized carbons (Fsp3) is 0.429. The maximum absolute atomic E-state index is 11.7. The Morgan fingerprint density at radius 3 is 2.67 bits per heavy atom. The summed E-state index contributed by atoms with van der Waals surface area (Å²) < 4.78 is 5.09. The van der Waals surface area contributed by atoms with Crippen molar-refractivity contribution in [3.8, 4) is 5.75 Å². The minimum absolute atomic E-state index is 0.243. The maximum atomic E-state index is 11.7. The van der Waals surface area contributed by atoms with Crippen molar-refractivity contribution in [2.45, 2.75) is 33.1 Å². The zero-order chi connectivity index (χ0) is 15.8. The lowest BCUT2D eigenvalue weighted by Gasteiger charge is -2.22. The van der Waals surface area contributed by atoms with E-state index in [1.807, 2.05) is 6.92 Å². The van der Waals surface area contributed by atoms with Crippen LogP contribution in [0.15, 0.2) is 18.2 Å². The van der Waals surface area contributed by atoms with E-state index in [-0.39, 0.29) is 17.4 Å². The average molecular weight is 315 g/mol. The summed E-state index contributed by atoms with van der Waals surface area (Å²) in [5.41, 5.74) is 2.67. The molecule has 1 amide bonds. The van der Waals surface area contributed by atoms with Gasteiger partial charge in [0.1, 0.15) is 10.8 Å². The quantitative estimate of drug-likeness (QED) is 0.784. The van der Waals surface area contributed by atoms with E-state index in [1.165, 1.54) is 14.0 Å². The average Bonchev–Trinajstić information content (AvgIpc) is 2.46. The van der Waals surface area contributed by atoms with E-state index < -0.39 is 5.97 Å². The lowest BCUT2D eigenvalue weighted by molar-refractivity contribution is -0.152. The molecule has 21 heavy (non-hydrogen) atoms. The maximum Gasteiger partial charge on any atom is 0.327 e. The normalized spacial score (nSPS) is 10.1. The van der Waals surface area contributed by atoms with Gasteiger partial charge in [0.25, 0.3) is 0 Å². The van der Waals surface area contributed by atoms with Crippen molar-refractivity contribution < 1.29 is 19.2 Å². The number of halogens is 1. The van der Waals surface area contributed by atoms with Crippen molar-refractivity contribution in [3.63, 3.8) is 0 Å². The highest BCUT2D eigenvalue weighted by Gasteiger charge is 2.19. The van der Waals surface area contributed by atoms with E-state index in [0.29, 0.717) is 11.4 Å². The number of ether oxygens (including phenoxy) is 1. The van der Waals surface area contributed by atoms with Gasteiger partial charge in [-0.3, -0.25) is 9.59 Å². The number of hydrazine groups is 1. The topological polar surface area (TPSA) is 67.9 Å². The van der Waals surface area contributed by atoms with Crippen molar-refractivity contribution in [2.75, 3.05) is 12.1 Å². The van der Waals surface area contributed by atoms with Gasteiger partial charge in [-0.15, -0.1) is 0 Å². The fourth-order valence-electron chi connectivity index (χ4n) is 1.58. The van der Waals surface area contributed by atoms with Crippen LogP contribution < -0.4 is 15.3 Å². The first kappa shape index (κ1) is 17.3. The Labute approximate surface area is 128 Å². The van der Waals surface area contributed by atoms with Gasteiger partial charge in [-0.05, 0) is 18.6 Å². The first-order valence-electron chi connectivity index (χ1n) is 6.59. The highest BCUT2D eigenvalue weighted by molar-refractivity contribution is 6.35. The molecular weight excluding hydrogens is 296 g/mol. The molecule has 0 aliphatic heterocycles. The van der Waals surface area contributed by atoms with Crippen molar-refractivity contribution in [1.82, 2.24) is 5.59 Å². The van der Waals surface area contributed by atoms with E-state index in [2.05, 4.69) is 5.59 Å². The van der Waals surface area contributed by atoms with Gasteiger partial charge >= 0.3 is 5.97 Å². The van der Waals surface area contributed by atoms with Crippen LogP contribution in [0.1, 0.15) is 33.1 Å². The Morgan fingerprint density at radius 2 is 2.10 bits per heavy atom. The molecular formula is C14H19ClN2O4. The third-order valence-electron chi connectivity index (χ3n) is 2.70. The highest BCUT2D eigenvalue weighted by Crippen LogP contribution is 2.33. The van der Waals surface area contributed by atoms with E-state index in [0.717, 1.165) is 17.9 Å². The van der Waals surface area contributed by atoms with E-state index in [1.54, 1.807) is 18.2 Å². The summed E-state index contributed by atoms with van der Waals surface area (Å²) in [7, 11) is 1.47. The second kappa shape index (κ2) is 8.49. The Hall–Kier alpha value is -1.79. The molecule has 1 N–H and O–H groups in total. The van der Waals surface area contributed by atoms with Gasteiger partial charge in [-0.2, -0.15) is 0 Å². The summed E-state index contributed by atoms with van der Waals surface area (Å²) in [6.07, 6.45) is 1.88. The minimum atomic E-state index is -0.442. The predicted molar refractivity (Wildman–Crippen MR) is 79.9 cm³/mol. The first-order valence-corrected chi connectivity index (χ1v) is 6.97. The van der Waals surface area contributed by atoms with Gasteiger partial charge < -0.3 is 9.57 Å². The Balaban J connectivity index is 2.83. The van der Waals surface area contributed by atoms with Crippen LogP contribution in [0.5, 0.6) is 5.75 Å². The Morgan fingerprint density at radius 1 is 1.38 bits per heavy atom. The highest BCUT2D eigenvalue weighted by atomic mass is 35.5. The molecule has 1 aromatic carbocycles. The van der Waals surface area contributed by atoms with Crippen LogP contribution in [0.2, 0.25) is 5.02 Å². The van der Waals surface area contributed by atoms with Crippen molar-refractivity contribution in [1.29, 1.82) is 0 Å². The first-order chi connectivity index (χ1) is 10.0. The summed E-state index contributed by atoms with van der Waals surface area (Å²) in [6, 6.07) is 4.95. The number of carbonyl (C=O) groups is 2. The molecule has 0 spiro atoms. The van der Waals surface area contributed by atoms with Crippen LogP contribution in [0.25, 0.3) is 0 Å². The fourth-order valence-corrected chi connectivity index (χ4v) is 1.87. The van der Waals surface area contributed by atoms with E-state index in [4.69, 9.17) is 21.2 Å². The standard InChI is InChI=1S/C14H19ClN2O4/c1-4-5-9-13(19)21-16-17(10(2)18)11-7-6-8-12(20-3)14(11)15/h6-8,16H,4-5,9H2,1-3H3. The summed E-state index contributed by atoms with van der Waals surface area (Å²) in [5.74, 6) is -0.407. The summed E-state index contributed by atoms with van der Waals surface area (Å²) >= 11 is 6.15. The number of benzene rings is 1. The minimum Gasteiger partial charge on any atom is -0.495 e. The SMILES string of the molecule is CCCCC(=O)ONN(C(C)=O)c1cccc(OC)c1Cl. The van der Waals surface area contributed by atoms with Gasteiger partial charge in [0.15, 0.2) is 0 Å². The van der Waals surface area contributed by atoms with Crippen molar-refractivity contribution >= 4 is 29.2 Å². The monoisotopic (exact) mass is 314 g/mol. The van der Waals surface area contributed by atoms with Gasteiger partial charge in [0.2, 0.25) is 5.91 Å². The van der Waals surface area contributed by atoms with Crippen molar-refractivity contribution in [3.05, 3.63) is 23.2 Å². The summed E-state index contributed by atoms with van der Waals surface area (Å²) in [6.45, 7) is 3.29. The number of unbranched alkanes of at least 4 members (excludes halogenated alkanes) is 1. The molecule has 0 saturated heterocycles. The second-order valence-electron chi connectivity index (χ2n) is 4.32. The van der Waals surface area contributed by atoms with Crippen LogP contribution in [-0.2, 0) is 14.4 Å². The largest absolute Gasteiger partial charge is 0.495 e. The molecule has 0 heterocycles. The molecule has 0 saturated carbocycles. The second-order valence-corrected chi connectivity index (χ2v) is 4.69. The van der Waals surface area contributed by atoms with Crippen molar-refractivity contribution in [2.24, 2.45) is 0 Å². The smallest absolute Gasteiger partial charge is 0.327 e. The summed E-state index contributed by atoms with van der Waals surface area (Å²) in [5, 5.41) is 1.29. The zero-order valence-corrected chi connectivity index (χ0v) is 13.1. The molecule has 0 fully saturated rings. The lowest BCUT2D eigenvalue weighted by Crippen LogP contribution is -2.43. The van der Waals surface area contributed by atoms with Gasteiger partial charge in [-0.1, -0.05) is 36.6 Å². The van der Waals surface area contributed by atoms with E-state index in [9.17, 15) is 9.59 Å². The molecule has 1 aromatic rings. The number of hydrogen-bond acceptors (Lipinski definition) is 5. The molecule has 0 radical (unpaired) electrons. The molecule has 0 aliphatic carbocycles. The molecule has 1 rings (SSSR count). The van der Waals surface area contributed by atoms with Crippen LogP contribution in [0.4, 0.5) is 5.69 Å². The predicted octanol–water partition coefficient (Wildman–Crippen LogP) is 2.85. The lowest BCUT2D eigenvalue weighted by atomic mass is 10.3. The summed E-state index contributed by atoms with van der Waals surface area (Å²) in [4.78, 5) is 28.1. The Kier molecular flexibility index (Phi) is 6.98. The third kappa shape index (κ3) is 4.91. The van der Waals surface area contributed by atoms with Crippen LogP contribution in [0.3, 0.4) is 0 Å². The zero-order valence-electron chi connectivity index (χ0n) is 12.3.